The van der Waals surface area contributed by atoms with Crippen molar-refractivity contribution >= 4 is 11.8 Å². The van der Waals surface area contributed by atoms with Crippen molar-refractivity contribution in [2.24, 2.45) is 0 Å². The highest BCUT2D eigenvalue weighted by Crippen LogP contribution is 2.16. The van der Waals surface area contributed by atoms with E-state index < -0.39 is 0 Å². The molecule has 102 valence electrons. The van der Waals surface area contributed by atoms with Crippen LogP contribution in [0.1, 0.15) is 43.1 Å². The Kier molecular flexibility index (Phi) is 7.28. The van der Waals surface area contributed by atoms with Gasteiger partial charge in [0.2, 0.25) is 0 Å². The van der Waals surface area contributed by atoms with Gasteiger partial charge in [0.15, 0.2) is 5.16 Å². The lowest BCUT2D eigenvalue weighted by Crippen LogP contribution is -2.18. The third-order valence-corrected chi connectivity index (χ3v) is 3.93. The predicted octanol–water partition coefficient (Wildman–Crippen LogP) is 3.27. The summed E-state index contributed by atoms with van der Waals surface area (Å²) in [5.74, 6) is 1.04. The average Bonchev–Trinajstić information content (AvgIpc) is 2.34. The number of aryl methyl sites for hydroxylation is 2. The molecule has 0 saturated heterocycles. The Morgan fingerprint density at radius 2 is 1.67 bits per heavy atom. The molecule has 0 aliphatic carbocycles. The van der Waals surface area contributed by atoms with Crippen LogP contribution >= 0.6 is 11.8 Å². The Hall–Kier alpha value is -0.610. The summed E-state index contributed by atoms with van der Waals surface area (Å²) in [7, 11) is 0. The van der Waals surface area contributed by atoms with E-state index in [1.807, 2.05) is 0 Å². The van der Waals surface area contributed by atoms with Gasteiger partial charge in [-0.05, 0) is 39.3 Å². The molecule has 0 unspecified atom stereocenters. The van der Waals surface area contributed by atoms with Gasteiger partial charge in [-0.1, -0.05) is 31.5 Å². The molecule has 1 N–H and O–H groups in total. The fourth-order valence-electron chi connectivity index (χ4n) is 1.65. The lowest BCUT2D eigenvalue weighted by molar-refractivity contribution is 0.635. The summed E-state index contributed by atoms with van der Waals surface area (Å²) in [5, 5.41) is 4.36. The number of nitrogens with one attached hydrogen (secondary N) is 1. The summed E-state index contributed by atoms with van der Waals surface area (Å²) in [6, 6.07) is 0. The molecule has 0 spiro atoms. The highest BCUT2D eigenvalue weighted by Gasteiger charge is 2.04. The number of hydrogen-bond donors (Lipinski definition) is 1. The van der Waals surface area contributed by atoms with Crippen molar-refractivity contribution < 1.29 is 0 Å². The molecule has 3 nitrogen and oxygen atoms in total. The number of rotatable bonds is 8. The van der Waals surface area contributed by atoms with Gasteiger partial charge in [-0.3, -0.25) is 0 Å². The smallest absolute Gasteiger partial charge is 0.188 e. The van der Waals surface area contributed by atoms with Gasteiger partial charge in [0.1, 0.15) is 0 Å². The first-order valence-corrected chi connectivity index (χ1v) is 7.79. The molecule has 0 bridgehead atoms. The van der Waals surface area contributed by atoms with Crippen molar-refractivity contribution in [1.82, 2.24) is 15.3 Å². The van der Waals surface area contributed by atoms with Gasteiger partial charge in [-0.15, -0.1) is 0 Å². The SMILES string of the molecule is CCCCCNCCSc1nc(C)c(C)c(C)n1. The predicted molar refractivity (Wildman–Crippen MR) is 79.4 cm³/mol. The third kappa shape index (κ3) is 5.36. The van der Waals surface area contributed by atoms with E-state index in [1.165, 1.54) is 24.8 Å². The van der Waals surface area contributed by atoms with Crippen LogP contribution in [-0.4, -0.2) is 28.8 Å². The van der Waals surface area contributed by atoms with Crippen LogP contribution in [0.2, 0.25) is 0 Å². The van der Waals surface area contributed by atoms with E-state index in [0.29, 0.717) is 0 Å². The second kappa shape index (κ2) is 8.48. The number of aromatic nitrogens is 2. The fourth-order valence-corrected chi connectivity index (χ4v) is 2.48. The Morgan fingerprint density at radius 3 is 2.28 bits per heavy atom. The molecule has 18 heavy (non-hydrogen) atoms. The maximum Gasteiger partial charge on any atom is 0.188 e. The number of nitrogens with zero attached hydrogens (tertiary/aromatic N) is 2. The minimum Gasteiger partial charge on any atom is -0.316 e. The average molecular weight is 267 g/mol. The third-order valence-electron chi connectivity index (χ3n) is 3.08. The van der Waals surface area contributed by atoms with E-state index in [1.54, 1.807) is 11.8 Å². The highest BCUT2D eigenvalue weighted by molar-refractivity contribution is 7.99. The van der Waals surface area contributed by atoms with Crippen LogP contribution in [-0.2, 0) is 0 Å². The maximum absolute atomic E-state index is 4.50. The van der Waals surface area contributed by atoms with E-state index in [0.717, 1.165) is 35.4 Å². The van der Waals surface area contributed by atoms with Gasteiger partial charge < -0.3 is 5.32 Å². The molecule has 1 aromatic heterocycles. The standard InChI is InChI=1S/C14H25N3S/c1-5-6-7-8-15-9-10-18-14-16-12(3)11(2)13(4)17-14/h15H,5-10H2,1-4H3. The molecule has 0 radical (unpaired) electrons. The molecule has 1 rings (SSSR count). The van der Waals surface area contributed by atoms with E-state index in [9.17, 15) is 0 Å². The summed E-state index contributed by atoms with van der Waals surface area (Å²) >= 11 is 1.74. The first kappa shape index (κ1) is 15.4. The van der Waals surface area contributed by atoms with Crippen molar-refractivity contribution in [3.63, 3.8) is 0 Å². The van der Waals surface area contributed by atoms with E-state index in [4.69, 9.17) is 0 Å². The molecule has 0 amide bonds. The quantitative estimate of drug-likeness (QED) is 0.446. The Balaban J connectivity index is 2.23. The van der Waals surface area contributed by atoms with Crippen LogP contribution < -0.4 is 5.32 Å². The van der Waals surface area contributed by atoms with Crippen LogP contribution in [0.25, 0.3) is 0 Å². The van der Waals surface area contributed by atoms with Crippen molar-refractivity contribution in [1.29, 1.82) is 0 Å². The number of hydrogen-bond acceptors (Lipinski definition) is 4. The van der Waals surface area contributed by atoms with Crippen molar-refractivity contribution in [3.8, 4) is 0 Å². The molecule has 4 heteroatoms. The Bertz CT molecular complexity index is 343. The largest absolute Gasteiger partial charge is 0.316 e. The maximum atomic E-state index is 4.50. The fraction of sp³-hybridized carbons (Fsp3) is 0.714. The summed E-state index contributed by atoms with van der Waals surface area (Å²) < 4.78 is 0. The van der Waals surface area contributed by atoms with Gasteiger partial charge >= 0.3 is 0 Å². The van der Waals surface area contributed by atoms with Gasteiger partial charge in [0.25, 0.3) is 0 Å². The first-order valence-electron chi connectivity index (χ1n) is 6.80. The van der Waals surface area contributed by atoms with Crippen molar-refractivity contribution in [3.05, 3.63) is 17.0 Å². The molecule has 0 fully saturated rings. The van der Waals surface area contributed by atoms with Gasteiger partial charge in [0, 0.05) is 23.7 Å². The molecule has 1 heterocycles. The zero-order valence-electron chi connectivity index (χ0n) is 12.0. The minimum absolute atomic E-state index is 0.908. The lowest BCUT2D eigenvalue weighted by atomic mass is 10.2. The van der Waals surface area contributed by atoms with Crippen LogP contribution in [0.5, 0.6) is 0 Å². The molecule has 0 aliphatic heterocycles. The van der Waals surface area contributed by atoms with E-state index >= 15 is 0 Å². The molecule has 0 aromatic carbocycles. The molecule has 1 aromatic rings. The Labute approximate surface area is 115 Å². The van der Waals surface area contributed by atoms with Crippen LogP contribution in [0.3, 0.4) is 0 Å². The second-order valence-corrected chi connectivity index (χ2v) is 5.67. The lowest BCUT2D eigenvalue weighted by Gasteiger charge is -2.07. The second-order valence-electron chi connectivity index (χ2n) is 4.61. The number of thioether (sulfide) groups is 1. The van der Waals surface area contributed by atoms with Gasteiger partial charge in [-0.25, -0.2) is 9.97 Å². The monoisotopic (exact) mass is 267 g/mol. The van der Waals surface area contributed by atoms with Gasteiger partial charge in [0.05, 0.1) is 0 Å². The summed E-state index contributed by atoms with van der Waals surface area (Å²) in [4.78, 5) is 9.01. The molecule has 0 saturated carbocycles. The van der Waals surface area contributed by atoms with Crippen LogP contribution in [0.15, 0.2) is 5.16 Å². The summed E-state index contributed by atoms with van der Waals surface area (Å²) in [6.07, 6.45) is 3.88. The molecule has 0 atom stereocenters. The Morgan fingerprint density at radius 1 is 1.00 bits per heavy atom. The molecular formula is C14H25N3S. The zero-order valence-corrected chi connectivity index (χ0v) is 12.9. The number of unbranched alkanes of at least 4 members (excludes halogenated alkanes) is 2. The zero-order chi connectivity index (χ0) is 13.4. The molecular weight excluding hydrogens is 242 g/mol. The van der Waals surface area contributed by atoms with Crippen molar-refractivity contribution in [2.45, 2.75) is 52.1 Å². The highest BCUT2D eigenvalue weighted by atomic mass is 32.2. The van der Waals surface area contributed by atoms with E-state index in [2.05, 4.69) is 43.0 Å². The molecule has 0 aliphatic rings. The van der Waals surface area contributed by atoms with Crippen LogP contribution in [0.4, 0.5) is 0 Å². The van der Waals surface area contributed by atoms with Gasteiger partial charge in [-0.2, -0.15) is 0 Å². The van der Waals surface area contributed by atoms with Crippen LogP contribution in [0, 0.1) is 20.8 Å². The minimum atomic E-state index is 0.908. The summed E-state index contributed by atoms with van der Waals surface area (Å²) in [5.41, 5.74) is 3.40. The van der Waals surface area contributed by atoms with Crippen molar-refractivity contribution in [2.75, 3.05) is 18.8 Å². The van der Waals surface area contributed by atoms with E-state index in [-0.39, 0.29) is 0 Å². The summed E-state index contributed by atoms with van der Waals surface area (Å²) in [6.45, 7) is 10.6. The topological polar surface area (TPSA) is 37.8 Å². The first-order chi connectivity index (χ1) is 8.65. The normalized spacial score (nSPS) is 10.9.